The molecular weight excluding hydrogens is 622 g/mol. The van der Waals surface area contributed by atoms with E-state index in [9.17, 15) is 18.0 Å². The van der Waals surface area contributed by atoms with Gasteiger partial charge in [0.2, 0.25) is 11.8 Å². The van der Waals surface area contributed by atoms with Crippen molar-refractivity contribution >= 4 is 39.1 Å². The molecule has 0 radical (unpaired) electrons. The van der Waals surface area contributed by atoms with Crippen LogP contribution in [-0.2, 0) is 32.6 Å². The largest absolute Gasteiger partial charge is 0.497 e. The Labute approximate surface area is 277 Å². The van der Waals surface area contributed by atoms with Crippen LogP contribution in [0.25, 0.3) is 0 Å². The Kier molecular flexibility index (Phi) is 11.1. The molecule has 0 spiro atoms. The van der Waals surface area contributed by atoms with Gasteiger partial charge in [0.1, 0.15) is 18.3 Å². The quantitative estimate of drug-likeness (QED) is 0.189. The monoisotopic (exact) mass is 661 g/mol. The third-order valence-electron chi connectivity index (χ3n) is 7.41. The minimum Gasteiger partial charge on any atom is -0.497 e. The highest BCUT2D eigenvalue weighted by Gasteiger charge is 2.35. The van der Waals surface area contributed by atoms with Crippen LogP contribution in [0.3, 0.4) is 0 Å². The molecule has 2 amide bonds. The molecule has 0 fully saturated rings. The number of hydrogen-bond acceptors (Lipinski definition) is 5. The van der Waals surface area contributed by atoms with Crippen molar-refractivity contribution < 1.29 is 22.7 Å². The Morgan fingerprint density at radius 3 is 2.07 bits per heavy atom. The molecule has 0 aliphatic carbocycles. The molecule has 0 unspecified atom stereocenters. The topological polar surface area (TPSA) is 96.0 Å². The second-order valence-electron chi connectivity index (χ2n) is 12.1. The lowest BCUT2D eigenvalue weighted by Crippen LogP contribution is -2.56. The van der Waals surface area contributed by atoms with Gasteiger partial charge in [-0.15, -0.1) is 0 Å². The Morgan fingerprint density at radius 2 is 1.48 bits per heavy atom. The van der Waals surface area contributed by atoms with Gasteiger partial charge >= 0.3 is 0 Å². The highest BCUT2D eigenvalue weighted by Crippen LogP contribution is 2.28. The molecule has 1 N–H and O–H groups in total. The summed E-state index contributed by atoms with van der Waals surface area (Å²) in [4.78, 5) is 30.0. The zero-order valence-electron chi connectivity index (χ0n) is 26.7. The molecule has 4 rings (SSSR count). The van der Waals surface area contributed by atoms with Crippen LogP contribution in [0.2, 0.25) is 5.02 Å². The smallest absolute Gasteiger partial charge is 0.264 e. The maximum Gasteiger partial charge on any atom is 0.264 e. The van der Waals surface area contributed by atoms with Crippen LogP contribution < -0.4 is 14.4 Å². The summed E-state index contributed by atoms with van der Waals surface area (Å²) in [7, 11) is -2.76. The fraction of sp³-hybridized carbons (Fsp3) is 0.278. The number of carbonyl (C=O) groups is 2. The first kappa shape index (κ1) is 34.5. The van der Waals surface area contributed by atoms with E-state index >= 15 is 0 Å². The van der Waals surface area contributed by atoms with E-state index in [1.807, 2.05) is 82.3 Å². The number of nitrogens with zero attached hydrogens (tertiary/aromatic N) is 2. The highest BCUT2D eigenvalue weighted by atomic mass is 35.5. The molecule has 0 saturated carbocycles. The normalized spacial score (nSPS) is 12.2. The number of nitrogens with one attached hydrogen (secondary N) is 1. The number of anilines is 1. The molecule has 0 aromatic heterocycles. The minimum absolute atomic E-state index is 0.0205. The molecule has 0 bridgehead atoms. The fourth-order valence-electron chi connectivity index (χ4n) is 4.99. The first-order valence-electron chi connectivity index (χ1n) is 14.9. The molecule has 0 aliphatic heterocycles. The van der Waals surface area contributed by atoms with Crippen molar-refractivity contribution in [3.05, 3.63) is 125 Å². The first-order chi connectivity index (χ1) is 21.8. The summed E-state index contributed by atoms with van der Waals surface area (Å²) in [5.74, 6) is -0.388. The van der Waals surface area contributed by atoms with Gasteiger partial charge in [-0.2, -0.15) is 0 Å². The van der Waals surface area contributed by atoms with E-state index in [1.54, 1.807) is 36.4 Å². The lowest BCUT2D eigenvalue weighted by molar-refractivity contribution is -0.140. The summed E-state index contributed by atoms with van der Waals surface area (Å²) < 4.78 is 34.6. The van der Waals surface area contributed by atoms with E-state index in [1.165, 1.54) is 24.1 Å². The van der Waals surface area contributed by atoms with Crippen LogP contribution in [-0.4, -0.2) is 50.4 Å². The second-order valence-corrected chi connectivity index (χ2v) is 14.4. The van der Waals surface area contributed by atoms with Gasteiger partial charge < -0.3 is 15.0 Å². The van der Waals surface area contributed by atoms with Crippen LogP contribution in [0.5, 0.6) is 5.75 Å². The molecule has 242 valence electrons. The predicted molar refractivity (Wildman–Crippen MR) is 183 cm³/mol. The zero-order chi connectivity index (χ0) is 33.5. The molecule has 1 atom stereocenters. The van der Waals surface area contributed by atoms with Crippen molar-refractivity contribution in [2.45, 2.75) is 57.1 Å². The number of benzene rings is 4. The van der Waals surface area contributed by atoms with E-state index in [4.69, 9.17) is 16.3 Å². The minimum atomic E-state index is -4.25. The summed E-state index contributed by atoms with van der Waals surface area (Å²) >= 11 is 6.15. The van der Waals surface area contributed by atoms with Gasteiger partial charge in [0.05, 0.1) is 17.7 Å². The van der Waals surface area contributed by atoms with Gasteiger partial charge in [-0.05, 0) is 92.9 Å². The summed E-state index contributed by atoms with van der Waals surface area (Å²) in [5, 5.41) is 3.46. The highest BCUT2D eigenvalue weighted by molar-refractivity contribution is 7.92. The average Bonchev–Trinajstić information content (AvgIpc) is 3.02. The van der Waals surface area contributed by atoms with Crippen molar-refractivity contribution in [2.75, 3.05) is 18.0 Å². The number of aryl methyl sites for hydroxylation is 1. The van der Waals surface area contributed by atoms with Crippen molar-refractivity contribution in [3.8, 4) is 5.75 Å². The van der Waals surface area contributed by atoms with E-state index in [0.717, 1.165) is 21.0 Å². The van der Waals surface area contributed by atoms with Gasteiger partial charge in [-0.25, -0.2) is 8.42 Å². The van der Waals surface area contributed by atoms with E-state index in [0.29, 0.717) is 10.8 Å². The summed E-state index contributed by atoms with van der Waals surface area (Å²) in [6.07, 6.45) is 0.229. The predicted octanol–water partition coefficient (Wildman–Crippen LogP) is 6.41. The molecule has 46 heavy (non-hydrogen) atoms. The van der Waals surface area contributed by atoms with Crippen LogP contribution in [0.1, 0.15) is 37.5 Å². The number of ether oxygens (including phenoxy) is 1. The number of halogens is 1. The Bertz CT molecular complexity index is 1740. The molecule has 4 aromatic rings. The third kappa shape index (κ3) is 8.89. The van der Waals surface area contributed by atoms with E-state index in [-0.39, 0.29) is 29.5 Å². The van der Waals surface area contributed by atoms with Crippen LogP contribution >= 0.6 is 11.6 Å². The van der Waals surface area contributed by atoms with Crippen LogP contribution in [0, 0.1) is 6.92 Å². The van der Waals surface area contributed by atoms with Crippen molar-refractivity contribution in [1.82, 2.24) is 10.2 Å². The zero-order valence-corrected chi connectivity index (χ0v) is 28.3. The SMILES string of the molecule is COc1ccc(S(=O)(=O)N(CC(=O)N(Cc2ccccc2C)[C@@H](Cc2ccccc2)C(=O)NC(C)(C)C)c2ccc(Cl)cc2)cc1. The molecule has 8 nitrogen and oxygen atoms in total. The van der Waals surface area contributed by atoms with Crippen molar-refractivity contribution in [2.24, 2.45) is 0 Å². The number of methoxy groups -OCH3 is 1. The average molecular weight is 662 g/mol. The van der Waals surface area contributed by atoms with Crippen LogP contribution in [0.15, 0.2) is 108 Å². The molecule has 0 heterocycles. The van der Waals surface area contributed by atoms with Gasteiger partial charge in [-0.3, -0.25) is 13.9 Å². The first-order valence-corrected chi connectivity index (χ1v) is 16.7. The van der Waals surface area contributed by atoms with Gasteiger partial charge in [0.25, 0.3) is 10.0 Å². The molecule has 0 aliphatic rings. The Morgan fingerprint density at radius 1 is 0.870 bits per heavy atom. The number of hydrogen-bond donors (Lipinski definition) is 1. The summed E-state index contributed by atoms with van der Waals surface area (Å²) in [6.45, 7) is 7.10. The fourth-order valence-corrected chi connectivity index (χ4v) is 6.53. The lowest BCUT2D eigenvalue weighted by Gasteiger charge is -2.35. The molecular formula is C36H40ClN3O5S. The van der Waals surface area contributed by atoms with Gasteiger partial charge in [-0.1, -0.05) is 66.2 Å². The second kappa shape index (κ2) is 14.8. The summed E-state index contributed by atoms with van der Waals surface area (Å²) in [5.41, 5.74) is 2.32. The van der Waals surface area contributed by atoms with Crippen molar-refractivity contribution in [3.63, 3.8) is 0 Å². The molecule has 10 heteroatoms. The molecule has 4 aromatic carbocycles. The Balaban J connectivity index is 1.82. The van der Waals surface area contributed by atoms with Gasteiger partial charge in [0.15, 0.2) is 0 Å². The van der Waals surface area contributed by atoms with E-state index in [2.05, 4.69) is 5.32 Å². The number of rotatable bonds is 12. The summed E-state index contributed by atoms with van der Waals surface area (Å²) in [6, 6.07) is 28.3. The van der Waals surface area contributed by atoms with Crippen LogP contribution in [0.4, 0.5) is 5.69 Å². The van der Waals surface area contributed by atoms with E-state index < -0.39 is 34.1 Å². The number of amides is 2. The lowest BCUT2D eigenvalue weighted by atomic mass is 10.00. The molecule has 0 saturated heterocycles. The maximum absolute atomic E-state index is 14.6. The maximum atomic E-state index is 14.6. The van der Waals surface area contributed by atoms with Crippen molar-refractivity contribution in [1.29, 1.82) is 0 Å². The number of sulfonamides is 1. The third-order valence-corrected chi connectivity index (χ3v) is 9.45. The number of carbonyl (C=O) groups excluding carboxylic acids is 2. The Hall–Kier alpha value is -4.34. The standard InChI is InChI=1S/C36H40ClN3O5S/c1-26-11-9-10-14-28(26)24-39(33(35(42)38-36(2,3)4)23-27-12-7-6-8-13-27)34(41)25-40(30-17-15-29(37)16-18-30)46(43,44)32-21-19-31(45-5)20-22-32/h6-22,33H,23-25H2,1-5H3,(H,38,42)/t33-/m0/s1. The van der Waals surface area contributed by atoms with Gasteiger partial charge in [0, 0.05) is 23.5 Å².